The summed E-state index contributed by atoms with van der Waals surface area (Å²) in [5, 5.41) is 3.52. The molecular weight excluding hydrogens is 196 g/mol. The van der Waals surface area contributed by atoms with Crippen molar-refractivity contribution >= 4 is 0 Å². The van der Waals surface area contributed by atoms with E-state index in [1.807, 2.05) is 0 Å². The Balaban J connectivity index is 1.89. The minimum Gasteiger partial charge on any atom is -0.315 e. The van der Waals surface area contributed by atoms with Crippen molar-refractivity contribution in [1.29, 1.82) is 0 Å². The molecule has 3 atom stereocenters. The summed E-state index contributed by atoms with van der Waals surface area (Å²) < 4.78 is 0. The Bertz CT molecular complexity index is 205. The molecule has 0 radical (unpaired) electrons. The van der Waals surface area contributed by atoms with Crippen LogP contribution in [0.1, 0.15) is 51.9 Å². The molecule has 2 heteroatoms. The summed E-state index contributed by atoms with van der Waals surface area (Å²) in [6.07, 6.45) is 9.92. The van der Waals surface area contributed by atoms with Crippen molar-refractivity contribution < 1.29 is 0 Å². The van der Waals surface area contributed by atoms with E-state index in [1.54, 1.807) is 0 Å². The zero-order chi connectivity index (χ0) is 11.4. The first-order valence-electron chi connectivity index (χ1n) is 7.26. The summed E-state index contributed by atoms with van der Waals surface area (Å²) >= 11 is 0. The minimum absolute atomic E-state index is 0.762. The van der Waals surface area contributed by atoms with E-state index in [9.17, 15) is 0 Å². The van der Waals surface area contributed by atoms with Crippen molar-refractivity contribution in [2.45, 2.75) is 64.0 Å². The highest BCUT2D eigenvalue weighted by molar-refractivity contribution is 4.90. The van der Waals surface area contributed by atoms with E-state index >= 15 is 0 Å². The quantitative estimate of drug-likeness (QED) is 0.793. The fourth-order valence-electron chi connectivity index (χ4n) is 3.64. The highest BCUT2D eigenvalue weighted by Gasteiger charge is 2.31. The van der Waals surface area contributed by atoms with Gasteiger partial charge in [-0.15, -0.1) is 0 Å². The van der Waals surface area contributed by atoms with Gasteiger partial charge in [-0.3, -0.25) is 4.90 Å². The Morgan fingerprint density at radius 2 is 1.94 bits per heavy atom. The van der Waals surface area contributed by atoms with Crippen molar-refractivity contribution in [3.63, 3.8) is 0 Å². The number of nitrogens with one attached hydrogen (secondary N) is 1. The van der Waals surface area contributed by atoms with Gasteiger partial charge in [0, 0.05) is 12.1 Å². The lowest BCUT2D eigenvalue weighted by Gasteiger charge is -2.32. The molecular formula is C14H28N2. The molecule has 0 aromatic heterocycles. The van der Waals surface area contributed by atoms with Gasteiger partial charge in [0.15, 0.2) is 0 Å². The Labute approximate surface area is 101 Å². The molecule has 0 aromatic rings. The molecule has 1 heterocycles. The Hall–Kier alpha value is -0.0800. The molecule has 3 unspecified atom stereocenters. The lowest BCUT2D eigenvalue weighted by atomic mass is 9.98. The zero-order valence-corrected chi connectivity index (χ0v) is 11.0. The second-order valence-corrected chi connectivity index (χ2v) is 5.63. The van der Waals surface area contributed by atoms with Crippen LogP contribution < -0.4 is 5.32 Å². The summed E-state index contributed by atoms with van der Waals surface area (Å²) in [4.78, 5) is 2.78. The van der Waals surface area contributed by atoms with Gasteiger partial charge in [-0.05, 0) is 58.2 Å². The molecule has 2 aliphatic rings. The second-order valence-electron chi connectivity index (χ2n) is 5.63. The third kappa shape index (κ3) is 2.78. The molecule has 0 bridgehead atoms. The average Bonchev–Trinajstić information content (AvgIpc) is 2.66. The van der Waals surface area contributed by atoms with Crippen molar-refractivity contribution in [3.05, 3.63) is 0 Å². The van der Waals surface area contributed by atoms with Gasteiger partial charge in [0.05, 0.1) is 0 Å². The highest BCUT2D eigenvalue weighted by atomic mass is 15.2. The molecule has 94 valence electrons. The zero-order valence-electron chi connectivity index (χ0n) is 11.0. The van der Waals surface area contributed by atoms with E-state index in [1.165, 1.54) is 58.0 Å². The Morgan fingerprint density at radius 1 is 1.06 bits per heavy atom. The lowest BCUT2D eigenvalue weighted by molar-refractivity contribution is 0.179. The number of likely N-dealkylation sites (tertiary alicyclic amines) is 1. The summed E-state index contributed by atoms with van der Waals surface area (Å²) in [5.74, 6) is 0.999. The normalized spacial score (nSPS) is 37.5. The maximum Gasteiger partial charge on any atom is 0.0249 e. The number of hydrogen-bond donors (Lipinski definition) is 1. The van der Waals surface area contributed by atoms with Crippen LogP contribution >= 0.6 is 0 Å². The number of hydrogen-bond acceptors (Lipinski definition) is 2. The smallest absolute Gasteiger partial charge is 0.0249 e. The van der Waals surface area contributed by atoms with Crippen molar-refractivity contribution in [2.75, 3.05) is 20.1 Å². The van der Waals surface area contributed by atoms with Crippen LogP contribution in [0.2, 0.25) is 0 Å². The molecule has 0 spiro atoms. The molecule has 2 nitrogen and oxygen atoms in total. The number of nitrogens with zero attached hydrogens (tertiary/aromatic N) is 1. The van der Waals surface area contributed by atoms with Crippen molar-refractivity contribution in [2.24, 2.45) is 5.92 Å². The van der Waals surface area contributed by atoms with E-state index in [2.05, 4.69) is 24.2 Å². The van der Waals surface area contributed by atoms with Crippen molar-refractivity contribution in [3.8, 4) is 0 Å². The van der Waals surface area contributed by atoms with Crippen LogP contribution in [0.5, 0.6) is 0 Å². The summed E-state index contributed by atoms with van der Waals surface area (Å²) in [6, 6.07) is 1.60. The third-order valence-electron chi connectivity index (χ3n) is 4.78. The molecule has 2 fully saturated rings. The van der Waals surface area contributed by atoms with E-state index < -0.39 is 0 Å². The molecule has 0 amide bonds. The van der Waals surface area contributed by atoms with Crippen molar-refractivity contribution in [1.82, 2.24) is 10.2 Å². The lowest BCUT2D eigenvalue weighted by Crippen LogP contribution is -2.46. The van der Waals surface area contributed by atoms with Crippen LogP contribution in [0.15, 0.2) is 0 Å². The first-order valence-corrected chi connectivity index (χ1v) is 7.26. The first-order chi connectivity index (χ1) is 7.85. The fourth-order valence-corrected chi connectivity index (χ4v) is 3.64. The van der Waals surface area contributed by atoms with Gasteiger partial charge in [-0.1, -0.05) is 19.8 Å². The van der Waals surface area contributed by atoms with Crippen LogP contribution in [-0.4, -0.2) is 37.1 Å². The largest absolute Gasteiger partial charge is 0.315 e. The number of rotatable bonds is 3. The van der Waals surface area contributed by atoms with Gasteiger partial charge in [0.2, 0.25) is 0 Å². The van der Waals surface area contributed by atoms with E-state index in [-0.39, 0.29) is 0 Å². The summed E-state index contributed by atoms with van der Waals surface area (Å²) in [5.41, 5.74) is 0. The second kappa shape index (κ2) is 6.02. The third-order valence-corrected chi connectivity index (χ3v) is 4.78. The van der Waals surface area contributed by atoms with Gasteiger partial charge in [0.25, 0.3) is 0 Å². The van der Waals surface area contributed by atoms with Crippen LogP contribution in [0.3, 0.4) is 0 Å². The fraction of sp³-hybridized carbons (Fsp3) is 1.00. The van der Waals surface area contributed by atoms with Gasteiger partial charge in [-0.25, -0.2) is 0 Å². The average molecular weight is 224 g/mol. The van der Waals surface area contributed by atoms with Gasteiger partial charge >= 0.3 is 0 Å². The van der Waals surface area contributed by atoms with Crippen LogP contribution in [0.4, 0.5) is 0 Å². The Kier molecular flexibility index (Phi) is 4.66. The van der Waals surface area contributed by atoms with E-state index in [0.717, 1.165) is 18.0 Å². The molecule has 0 aromatic carbocycles. The molecule has 1 aliphatic heterocycles. The maximum absolute atomic E-state index is 3.52. The first kappa shape index (κ1) is 12.4. The van der Waals surface area contributed by atoms with Crippen LogP contribution in [0.25, 0.3) is 0 Å². The SMILES string of the molecule is CCC1CCCN(C2CCCC2NC)CC1. The molecule has 1 N–H and O–H groups in total. The van der Waals surface area contributed by atoms with Crippen LogP contribution in [-0.2, 0) is 0 Å². The predicted octanol–water partition coefficient (Wildman–Crippen LogP) is 2.64. The molecule has 1 saturated carbocycles. The topological polar surface area (TPSA) is 15.3 Å². The van der Waals surface area contributed by atoms with E-state index in [4.69, 9.17) is 0 Å². The molecule has 2 rings (SSSR count). The standard InChI is InChI=1S/C14H28N2/c1-3-12-6-5-10-16(11-9-12)14-8-4-7-13(14)15-2/h12-15H,3-11H2,1-2H3. The number of likely N-dealkylation sites (N-methyl/N-ethyl adjacent to an activating group) is 1. The predicted molar refractivity (Wildman–Crippen MR) is 69.7 cm³/mol. The molecule has 1 saturated heterocycles. The van der Waals surface area contributed by atoms with Gasteiger partial charge in [0.1, 0.15) is 0 Å². The highest BCUT2D eigenvalue weighted by Crippen LogP contribution is 2.28. The molecule has 1 aliphatic carbocycles. The van der Waals surface area contributed by atoms with Gasteiger partial charge in [-0.2, -0.15) is 0 Å². The monoisotopic (exact) mass is 224 g/mol. The Morgan fingerprint density at radius 3 is 2.69 bits per heavy atom. The summed E-state index contributed by atoms with van der Waals surface area (Å²) in [6.45, 7) is 5.05. The van der Waals surface area contributed by atoms with Crippen LogP contribution in [0, 0.1) is 5.92 Å². The van der Waals surface area contributed by atoms with Gasteiger partial charge < -0.3 is 5.32 Å². The van der Waals surface area contributed by atoms with E-state index in [0.29, 0.717) is 0 Å². The summed E-state index contributed by atoms with van der Waals surface area (Å²) in [7, 11) is 2.13. The minimum atomic E-state index is 0.762. The molecule has 16 heavy (non-hydrogen) atoms. The maximum atomic E-state index is 3.52.